The lowest BCUT2D eigenvalue weighted by Crippen LogP contribution is -2.45. The van der Waals surface area contributed by atoms with Gasteiger partial charge in [-0.25, -0.2) is 9.18 Å². The zero-order valence-corrected chi connectivity index (χ0v) is 9.77. The van der Waals surface area contributed by atoms with Crippen molar-refractivity contribution in [3.8, 4) is 0 Å². The SMILES string of the molecule is CC.COC(F)C(=O)NC(CC(=O)O)C(=O)O. The molecular weight excluding hydrogens is 237 g/mol. The zero-order valence-electron chi connectivity index (χ0n) is 9.77. The topological polar surface area (TPSA) is 113 Å². The van der Waals surface area contributed by atoms with Crippen molar-refractivity contribution in [2.24, 2.45) is 0 Å². The number of carbonyl (C=O) groups is 3. The molecule has 100 valence electrons. The summed E-state index contributed by atoms with van der Waals surface area (Å²) in [6, 6.07) is -1.68. The van der Waals surface area contributed by atoms with E-state index in [1.54, 1.807) is 5.32 Å². The van der Waals surface area contributed by atoms with Gasteiger partial charge in [-0.2, -0.15) is 0 Å². The van der Waals surface area contributed by atoms with Gasteiger partial charge in [-0.05, 0) is 0 Å². The third kappa shape index (κ3) is 8.14. The van der Waals surface area contributed by atoms with E-state index < -0.39 is 36.7 Å². The minimum Gasteiger partial charge on any atom is -0.481 e. The Morgan fingerprint density at radius 3 is 2.06 bits per heavy atom. The maximum atomic E-state index is 12.5. The molecule has 2 atom stereocenters. The highest BCUT2D eigenvalue weighted by atomic mass is 19.1. The summed E-state index contributed by atoms with van der Waals surface area (Å²) < 4.78 is 16.5. The Balaban J connectivity index is 0. The molecule has 0 rings (SSSR count). The molecular formula is C9H16FNO6. The number of methoxy groups -OCH3 is 1. The normalized spacial score (nSPS) is 12.7. The van der Waals surface area contributed by atoms with Crippen molar-refractivity contribution in [3.05, 3.63) is 0 Å². The van der Waals surface area contributed by atoms with Gasteiger partial charge in [-0.15, -0.1) is 0 Å². The Hall–Kier alpha value is -1.70. The lowest BCUT2D eigenvalue weighted by Gasteiger charge is -2.13. The highest BCUT2D eigenvalue weighted by Crippen LogP contribution is 1.97. The van der Waals surface area contributed by atoms with E-state index in [0.717, 1.165) is 7.11 Å². The van der Waals surface area contributed by atoms with Crippen molar-refractivity contribution in [2.75, 3.05) is 7.11 Å². The Morgan fingerprint density at radius 1 is 1.29 bits per heavy atom. The summed E-state index contributed by atoms with van der Waals surface area (Å²) in [6.45, 7) is 4.00. The molecule has 2 unspecified atom stereocenters. The number of halogens is 1. The van der Waals surface area contributed by atoms with E-state index >= 15 is 0 Å². The summed E-state index contributed by atoms with van der Waals surface area (Å²) in [6.07, 6.45) is -3.15. The van der Waals surface area contributed by atoms with Gasteiger partial charge in [0.2, 0.25) is 0 Å². The van der Waals surface area contributed by atoms with Gasteiger partial charge in [0.1, 0.15) is 6.04 Å². The van der Waals surface area contributed by atoms with Crippen LogP contribution in [0.25, 0.3) is 0 Å². The molecule has 8 heteroatoms. The highest BCUT2D eigenvalue weighted by Gasteiger charge is 2.26. The van der Waals surface area contributed by atoms with Crippen LogP contribution in [0.5, 0.6) is 0 Å². The van der Waals surface area contributed by atoms with E-state index in [2.05, 4.69) is 4.74 Å². The maximum absolute atomic E-state index is 12.5. The van der Waals surface area contributed by atoms with Gasteiger partial charge in [-0.3, -0.25) is 9.59 Å². The van der Waals surface area contributed by atoms with Crippen molar-refractivity contribution in [2.45, 2.75) is 32.7 Å². The van der Waals surface area contributed by atoms with Crippen molar-refractivity contribution < 1.29 is 33.7 Å². The number of hydrogen-bond acceptors (Lipinski definition) is 4. The van der Waals surface area contributed by atoms with E-state index in [9.17, 15) is 18.8 Å². The molecule has 7 nitrogen and oxygen atoms in total. The molecule has 0 saturated carbocycles. The number of amides is 1. The Labute approximate surface area is 97.6 Å². The van der Waals surface area contributed by atoms with E-state index in [-0.39, 0.29) is 0 Å². The summed E-state index contributed by atoms with van der Waals surface area (Å²) in [5, 5.41) is 18.5. The average Bonchev–Trinajstić information content (AvgIpc) is 2.28. The van der Waals surface area contributed by atoms with Gasteiger partial charge < -0.3 is 20.3 Å². The molecule has 0 aromatic rings. The van der Waals surface area contributed by atoms with Crippen molar-refractivity contribution in [3.63, 3.8) is 0 Å². The Kier molecular flexibility index (Phi) is 9.91. The van der Waals surface area contributed by atoms with Gasteiger partial charge in [0.05, 0.1) is 6.42 Å². The molecule has 0 aromatic heterocycles. The molecule has 0 aliphatic heterocycles. The molecule has 0 fully saturated rings. The maximum Gasteiger partial charge on any atom is 0.326 e. The third-order valence-electron chi connectivity index (χ3n) is 1.41. The molecule has 0 heterocycles. The predicted molar refractivity (Wildman–Crippen MR) is 55.1 cm³/mol. The van der Waals surface area contributed by atoms with E-state index in [0.29, 0.717) is 0 Å². The van der Waals surface area contributed by atoms with Crippen molar-refractivity contribution in [1.29, 1.82) is 0 Å². The number of hydrogen-bond donors (Lipinski definition) is 3. The van der Waals surface area contributed by atoms with Crippen molar-refractivity contribution >= 4 is 17.8 Å². The van der Waals surface area contributed by atoms with E-state index in [1.807, 2.05) is 13.8 Å². The van der Waals surface area contributed by atoms with Crippen LogP contribution in [-0.4, -0.2) is 47.6 Å². The van der Waals surface area contributed by atoms with Crippen molar-refractivity contribution in [1.82, 2.24) is 5.32 Å². The monoisotopic (exact) mass is 253 g/mol. The van der Waals surface area contributed by atoms with Gasteiger partial charge in [0.15, 0.2) is 0 Å². The average molecular weight is 253 g/mol. The summed E-state index contributed by atoms with van der Waals surface area (Å²) >= 11 is 0. The van der Waals surface area contributed by atoms with Crippen LogP contribution < -0.4 is 5.32 Å². The molecule has 0 spiro atoms. The highest BCUT2D eigenvalue weighted by molar-refractivity contribution is 5.88. The lowest BCUT2D eigenvalue weighted by atomic mass is 10.2. The van der Waals surface area contributed by atoms with Gasteiger partial charge in [-0.1, -0.05) is 13.8 Å². The second-order valence-electron chi connectivity index (χ2n) is 2.55. The fourth-order valence-corrected chi connectivity index (χ4v) is 0.719. The molecule has 0 aromatic carbocycles. The Bertz CT molecular complexity index is 270. The number of nitrogens with one attached hydrogen (secondary N) is 1. The van der Waals surface area contributed by atoms with Gasteiger partial charge >= 0.3 is 11.9 Å². The lowest BCUT2D eigenvalue weighted by molar-refractivity contribution is -0.151. The zero-order chi connectivity index (χ0) is 14.0. The molecule has 0 saturated heterocycles. The molecule has 0 aliphatic carbocycles. The van der Waals surface area contributed by atoms with Crippen LogP contribution in [0.15, 0.2) is 0 Å². The number of rotatable bonds is 6. The van der Waals surface area contributed by atoms with Crippen LogP contribution in [-0.2, 0) is 19.1 Å². The second kappa shape index (κ2) is 9.52. The summed E-state index contributed by atoms with van der Waals surface area (Å²) in [7, 11) is 0.914. The summed E-state index contributed by atoms with van der Waals surface area (Å²) in [5.41, 5.74) is 0. The first kappa shape index (κ1) is 17.7. The third-order valence-corrected chi connectivity index (χ3v) is 1.41. The van der Waals surface area contributed by atoms with Gasteiger partial charge in [0, 0.05) is 7.11 Å². The van der Waals surface area contributed by atoms with Gasteiger partial charge in [0.25, 0.3) is 12.3 Å². The van der Waals surface area contributed by atoms with E-state index in [4.69, 9.17) is 10.2 Å². The van der Waals surface area contributed by atoms with Crippen LogP contribution in [0, 0.1) is 0 Å². The fraction of sp³-hybridized carbons (Fsp3) is 0.667. The molecule has 0 radical (unpaired) electrons. The number of carbonyl (C=O) groups excluding carboxylic acids is 1. The quantitative estimate of drug-likeness (QED) is 0.614. The predicted octanol–water partition coefficient (Wildman–Crippen LogP) is -0.00130. The number of ether oxygens (including phenoxy) is 1. The Morgan fingerprint density at radius 2 is 1.76 bits per heavy atom. The first-order valence-corrected chi connectivity index (χ1v) is 4.80. The largest absolute Gasteiger partial charge is 0.481 e. The summed E-state index contributed by atoms with van der Waals surface area (Å²) in [5.74, 6) is -4.31. The molecule has 1 amide bonds. The fourth-order valence-electron chi connectivity index (χ4n) is 0.719. The van der Waals surface area contributed by atoms with Crippen LogP contribution in [0.4, 0.5) is 4.39 Å². The molecule has 0 aliphatic rings. The molecule has 17 heavy (non-hydrogen) atoms. The smallest absolute Gasteiger partial charge is 0.326 e. The minimum atomic E-state index is -2.32. The molecule has 0 bridgehead atoms. The minimum absolute atomic E-state index is 0.836. The number of aliphatic carboxylic acids is 2. The second-order valence-corrected chi connectivity index (χ2v) is 2.55. The first-order valence-electron chi connectivity index (χ1n) is 4.80. The van der Waals surface area contributed by atoms with E-state index in [1.165, 1.54) is 0 Å². The number of carboxylic acids is 2. The van der Waals surface area contributed by atoms with Crippen LogP contribution in [0.1, 0.15) is 20.3 Å². The van der Waals surface area contributed by atoms with Crippen LogP contribution in [0.2, 0.25) is 0 Å². The first-order chi connectivity index (χ1) is 7.88. The van der Waals surface area contributed by atoms with Crippen LogP contribution >= 0.6 is 0 Å². The standard InChI is InChI=1S/C7H10FNO6.C2H6/c1-15-5(8)6(12)9-3(7(13)14)2-4(10)11;1-2/h3,5H,2H2,1H3,(H,9,12)(H,10,11)(H,13,14);1-2H3. The summed E-state index contributed by atoms with van der Waals surface area (Å²) in [4.78, 5) is 31.4. The number of alkyl halides is 1. The molecule has 3 N–H and O–H groups in total. The number of carboxylic acid groups (broad SMARTS) is 2. The van der Waals surface area contributed by atoms with Crippen LogP contribution in [0.3, 0.4) is 0 Å².